The lowest BCUT2D eigenvalue weighted by atomic mass is 10.1. The highest BCUT2D eigenvalue weighted by Gasteiger charge is 2.10. The third-order valence-corrected chi connectivity index (χ3v) is 2.77. The number of aliphatic carboxylic acids is 1. The number of hydrogen-bond donors (Lipinski definition) is 1. The van der Waals surface area contributed by atoms with E-state index in [4.69, 9.17) is 21.4 Å². The summed E-state index contributed by atoms with van der Waals surface area (Å²) >= 11 is 5.96. The van der Waals surface area contributed by atoms with E-state index < -0.39 is 11.8 Å². The van der Waals surface area contributed by atoms with Crippen LogP contribution in [-0.2, 0) is 4.79 Å². The molecule has 0 heterocycles. The van der Waals surface area contributed by atoms with Crippen LogP contribution in [0.4, 0.5) is 4.39 Å². The molecule has 0 fully saturated rings. The number of hydrogen-bond acceptors (Lipinski definition) is 2. The molecule has 0 spiro atoms. The lowest BCUT2D eigenvalue weighted by Gasteiger charge is -2.10. The Morgan fingerprint density at radius 1 is 1.15 bits per heavy atom. The molecule has 0 aliphatic rings. The van der Waals surface area contributed by atoms with Gasteiger partial charge in [-0.05, 0) is 30.3 Å². The molecular weight excluding hydrogens is 283 g/mol. The van der Waals surface area contributed by atoms with Crippen molar-refractivity contribution in [3.8, 4) is 11.5 Å². The minimum absolute atomic E-state index is 0.0508. The van der Waals surface area contributed by atoms with Crippen LogP contribution in [0.25, 0.3) is 6.08 Å². The molecule has 0 aromatic heterocycles. The van der Waals surface area contributed by atoms with Crippen LogP contribution in [0.1, 0.15) is 5.56 Å². The average Bonchev–Trinajstić information content (AvgIpc) is 2.40. The monoisotopic (exact) mass is 292 g/mol. The normalized spacial score (nSPS) is 10.7. The van der Waals surface area contributed by atoms with Crippen molar-refractivity contribution < 1.29 is 19.0 Å². The third-order valence-electron chi connectivity index (χ3n) is 2.46. The van der Waals surface area contributed by atoms with E-state index in [1.165, 1.54) is 18.2 Å². The minimum Gasteiger partial charge on any atom is -0.478 e. The van der Waals surface area contributed by atoms with Crippen molar-refractivity contribution in [2.24, 2.45) is 0 Å². The first kappa shape index (κ1) is 14.1. The second-order valence-corrected chi connectivity index (χ2v) is 4.26. The number of benzene rings is 2. The number of carboxylic acid groups (broad SMARTS) is 1. The number of rotatable bonds is 4. The maximum Gasteiger partial charge on any atom is 0.328 e. The molecular formula is C15H10ClFO3. The Labute approximate surface area is 119 Å². The van der Waals surface area contributed by atoms with Gasteiger partial charge in [-0.15, -0.1) is 0 Å². The van der Waals surface area contributed by atoms with Gasteiger partial charge in [0, 0.05) is 6.08 Å². The van der Waals surface area contributed by atoms with Crippen molar-refractivity contribution in [3.63, 3.8) is 0 Å². The maximum atomic E-state index is 13.7. The Bertz CT molecular complexity index is 668. The molecule has 0 saturated heterocycles. The van der Waals surface area contributed by atoms with Crippen molar-refractivity contribution in [3.05, 3.63) is 64.9 Å². The van der Waals surface area contributed by atoms with Crippen LogP contribution in [0.2, 0.25) is 5.02 Å². The highest BCUT2D eigenvalue weighted by Crippen LogP contribution is 2.32. The molecule has 3 nitrogen and oxygen atoms in total. The first-order valence-corrected chi connectivity index (χ1v) is 6.07. The van der Waals surface area contributed by atoms with Crippen LogP contribution in [0.15, 0.2) is 48.5 Å². The van der Waals surface area contributed by atoms with E-state index in [2.05, 4.69) is 0 Å². The number of halogens is 2. The fourth-order valence-corrected chi connectivity index (χ4v) is 1.74. The largest absolute Gasteiger partial charge is 0.478 e. The molecule has 0 unspecified atom stereocenters. The van der Waals surface area contributed by atoms with Gasteiger partial charge >= 0.3 is 5.97 Å². The van der Waals surface area contributed by atoms with E-state index in [0.29, 0.717) is 10.8 Å². The van der Waals surface area contributed by atoms with Crippen LogP contribution in [0.5, 0.6) is 11.5 Å². The van der Waals surface area contributed by atoms with Gasteiger partial charge in [0.15, 0.2) is 0 Å². The van der Waals surface area contributed by atoms with E-state index in [1.54, 1.807) is 24.3 Å². The summed E-state index contributed by atoms with van der Waals surface area (Å²) in [6.45, 7) is 0. The van der Waals surface area contributed by atoms with Gasteiger partial charge in [0.2, 0.25) is 0 Å². The standard InChI is InChI=1S/C15H10ClFO3/c16-11-4-1-2-6-14(11)20-13-7-3-5-12(17)10(13)8-9-15(18)19/h1-9H,(H,18,19)/b9-8+. The third kappa shape index (κ3) is 3.36. The van der Waals surface area contributed by atoms with E-state index in [1.807, 2.05) is 0 Å². The first-order chi connectivity index (χ1) is 9.58. The molecule has 0 bridgehead atoms. The second kappa shape index (κ2) is 6.21. The Balaban J connectivity index is 2.39. The fraction of sp³-hybridized carbons (Fsp3) is 0. The molecule has 0 atom stereocenters. The highest BCUT2D eigenvalue weighted by atomic mass is 35.5. The molecule has 2 aromatic rings. The molecule has 0 saturated carbocycles. The Kier molecular flexibility index (Phi) is 4.38. The molecule has 5 heteroatoms. The van der Waals surface area contributed by atoms with Crippen LogP contribution < -0.4 is 4.74 Å². The number of carbonyl (C=O) groups is 1. The van der Waals surface area contributed by atoms with Crippen LogP contribution in [-0.4, -0.2) is 11.1 Å². The summed E-state index contributed by atoms with van der Waals surface area (Å²) in [5.74, 6) is -1.19. The summed E-state index contributed by atoms with van der Waals surface area (Å²) in [7, 11) is 0. The SMILES string of the molecule is O=C(O)/C=C/c1c(F)cccc1Oc1ccccc1Cl. The predicted molar refractivity (Wildman–Crippen MR) is 74.6 cm³/mol. The van der Waals surface area contributed by atoms with Gasteiger partial charge in [-0.25, -0.2) is 9.18 Å². The molecule has 0 amide bonds. The maximum absolute atomic E-state index is 13.7. The van der Waals surface area contributed by atoms with E-state index in [0.717, 1.165) is 12.2 Å². The number of carboxylic acids is 1. The van der Waals surface area contributed by atoms with E-state index >= 15 is 0 Å². The summed E-state index contributed by atoms with van der Waals surface area (Å²) in [5, 5.41) is 9.00. The van der Waals surface area contributed by atoms with Crippen molar-refractivity contribution in [1.82, 2.24) is 0 Å². The second-order valence-electron chi connectivity index (χ2n) is 3.86. The molecule has 1 N–H and O–H groups in total. The van der Waals surface area contributed by atoms with Gasteiger partial charge in [0.05, 0.1) is 10.6 Å². The van der Waals surface area contributed by atoms with Crippen molar-refractivity contribution >= 4 is 23.6 Å². The van der Waals surface area contributed by atoms with Crippen LogP contribution in [0, 0.1) is 5.82 Å². The predicted octanol–water partition coefficient (Wildman–Crippen LogP) is 4.37. The zero-order chi connectivity index (χ0) is 14.5. The van der Waals surface area contributed by atoms with Gasteiger partial charge < -0.3 is 9.84 Å². The summed E-state index contributed by atoms with van der Waals surface area (Å²) in [4.78, 5) is 10.5. The smallest absolute Gasteiger partial charge is 0.328 e. The van der Waals surface area contributed by atoms with Gasteiger partial charge in [-0.2, -0.15) is 0 Å². The molecule has 2 rings (SSSR count). The zero-order valence-corrected chi connectivity index (χ0v) is 11.0. The van der Waals surface area contributed by atoms with Gasteiger partial charge in [0.1, 0.15) is 17.3 Å². The minimum atomic E-state index is -1.17. The van der Waals surface area contributed by atoms with Crippen molar-refractivity contribution in [2.45, 2.75) is 0 Å². The molecule has 20 heavy (non-hydrogen) atoms. The topological polar surface area (TPSA) is 46.5 Å². The van der Waals surface area contributed by atoms with Gasteiger partial charge in [0.25, 0.3) is 0 Å². The molecule has 0 aliphatic carbocycles. The van der Waals surface area contributed by atoms with E-state index in [9.17, 15) is 9.18 Å². The fourth-order valence-electron chi connectivity index (χ4n) is 1.57. The zero-order valence-electron chi connectivity index (χ0n) is 10.2. The average molecular weight is 293 g/mol. The lowest BCUT2D eigenvalue weighted by Crippen LogP contribution is -1.93. The van der Waals surface area contributed by atoms with Crippen LogP contribution in [0.3, 0.4) is 0 Å². The quantitative estimate of drug-likeness (QED) is 0.851. The Morgan fingerprint density at radius 3 is 2.55 bits per heavy atom. The molecule has 0 aliphatic heterocycles. The van der Waals surface area contributed by atoms with Crippen molar-refractivity contribution in [2.75, 3.05) is 0 Å². The molecule has 2 aromatic carbocycles. The van der Waals surface area contributed by atoms with Gasteiger partial charge in [-0.1, -0.05) is 29.8 Å². The number of para-hydroxylation sites is 1. The Hall–Kier alpha value is -2.33. The van der Waals surface area contributed by atoms with Crippen LogP contribution >= 0.6 is 11.6 Å². The summed E-state index contributed by atoms with van der Waals surface area (Å²) in [6, 6.07) is 11.0. The lowest BCUT2D eigenvalue weighted by molar-refractivity contribution is -0.131. The molecule has 102 valence electrons. The Morgan fingerprint density at radius 2 is 1.85 bits per heavy atom. The number of ether oxygens (including phenoxy) is 1. The summed E-state index contributed by atoms with van der Waals surface area (Å²) in [5.41, 5.74) is 0.0508. The highest BCUT2D eigenvalue weighted by molar-refractivity contribution is 6.32. The summed E-state index contributed by atoms with van der Waals surface area (Å²) in [6.07, 6.45) is 1.99. The summed E-state index contributed by atoms with van der Waals surface area (Å²) < 4.78 is 19.3. The van der Waals surface area contributed by atoms with Crippen molar-refractivity contribution in [1.29, 1.82) is 0 Å². The molecule has 0 radical (unpaired) electrons. The first-order valence-electron chi connectivity index (χ1n) is 5.70. The van der Waals surface area contributed by atoms with Gasteiger partial charge in [-0.3, -0.25) is 0 Å². The van der Waals surface area contributed by atoms with E-state index in [-0.39, 0.29) is 11.3 Å².